The first-order chi connectivity index (χ1) is 7.50. The van der Waals surface area contributed by atoms with E-state index in [4.69, 9.17) is 0 Å². The van der Waals surface area contributed by atoms with Gasteiger partial charge in [0.25, 0.3) is 5.56 Å². The molecular formula is C13H19N3O. The van der Waals surface area contributed by atoms with Crippen molar-refractivity contribution >= 4 is 0 Å². The zero-order valence-electron chi connectivity index (χ0n) is 9.98. The van der Waals surface area contributed by atoms with Crippen LogP contribution in [0.15, 0.2) is 23.1 Å². The van der Waals surface area contributed by atoms with E-state index >= 15 is 0 Å². The van der Waals surface area contributed by atoms with E-state index < -0.39 is 0 Å². The van der Waals surface area contributed by atoms with Gasteiger partial charge in [0.15, 0.2) is 0 Å². The fraction of sp³-hybridized carbons (Fsp3) is 0.385. The lowest BCUT2D eigenvalue weighted by atomic mass is 10.1. The van der Waals surface area contributed by atoms with E-state index in [9.17, 15) is 4.79 Å². The molecule has 0 unspecified atom stereocenters. The lowest BCUT2D eigenvalue weighted by Gasteiger charge is -2.10. The summed E-state index contributed by atoms with van der Waals surface area (Å²) in [6, 6.07) is 3.82. The molecule has 0 atom stereocenters. The second-order valence-corrected chi connectivity index (χ2v) is 4.10. The highest BCUT2D eigenvalue weighted by Crippen LogP contribution is 2.19. The van der Waals surface area contributed by atoms with Gasteiger partial charge in [0.2, 0.25) is 0 Å². The van der Waals surface area contributed by atoms with Crippen LogP contribution in [-0.2, 0) is 14.1 Å². The monoisotopic (exact) mass is 233 g/mol. The van der Waals surface area contributed by atoms with Gasteiger partial charge in [0.1, 0.15) is 5.69 Å². The SMILES string of the molecule is C.Cc1cc(C)c(=O)n(C)c1-c1ccn(C)n1. The molecule has 0 saturated heterocycles. The third kappa shape index (κ3) is 2.16. The minimum Gasteiger partial charge on any atom is -0.309 e. The highest BCUT2D eigenvalue weighted by atomic mass is 16.1. The quantitative estimate of drug-likeness (QED) is 0.756. The number of aromatic nitrogens is 3. The van der Waals surface area contributed by atoms with E-state index in [1.165, 1.54) is 0 Å². The maximum Gasteiger partial charge on any atom is 0.253 e. The maximum atomic E-state index is 11.9. The molecule has 0 amide bonds. The molecule has 0 spiro atoms. The molecule has 0 fully saturated rings. The summed E-state index contributed by atoms with van der Waals surface area (Å²) in [5.74, 6) is 0. The first-order valence-corrected chi connectivity index (χ1v) is 5.18. The van der Waals surface area contributed by atoms with Crippen molar-refractivity contribution in [1.29, 1.82) is 0 Å². The van der Waals surface area contributed by atoms with Crippen LogP contribution in [0, 0.1) is 13.8 Å². The number of hydrogen-bond acceptors (Lipinski definition) is 2. The van der Waals surface area contributed by atoms with Crippen molar-refractivity contribution in [3.8, 4) is 11.4 Å². The number of nitrogens with zero attached hydrogens (tertiary/aromatic N) is 3. The highest BCUT2D eigenvalue weighted by Gasteiger charge is 2.11. The molecule has 0 radical (unpaired) electrons. The normalized spacial score (nSPS) is 10.1. The molecule has 0 saturated carbocycles. The van der Waals surface area contributed by atoms with Gasteiger partial charge in [0.05, 0.1) is 5.69 Å². The van der Waals surface area contributed by atoms with Crippen molar-refractivity contribution in [3.63, 3.8) is 0 Å². The van der Waals surface area contributed by atoms with Crippen molar-refractivity contribution in [2.24, 2.45) is 14.1 Å². The van der Waals surface area contributed by atoms with E-state index in [1.54, 1.807) is 16.3 Å². The molecular weight excluding hydrogens is 214 g/mol. The van der Waals surface area contributed by atoms with E-state index in [0.717, 1.165) is 22.5 Å². The summed E-state index contributed by atoms with van der Waals surface area (Å²) in [4.78, 5) is 11.9. The topological polar surface area (TPSA) is 39.8 Å². The van der Waals surface area contributed by atoms with Gasteiger partial charge in [-0.3, -0.25) is 9.48 Å². The van der Waals surface area contributed by atoms with Crippen LogP contribution in [0.1, 0.15) is 18.6 Å². The smallest absolute Gasteiger partial charge is 0.253 e. The molecule has 4 heteroatoms. The summed E-state index contributed by atoms with van der Waals surface area (Å²) < 4.78 is 3.39. The number of pyridine rings is 1. The average Bonchev–Trinajstić information content (AvgIpc) is 2.61. The van der Waals surface area contributed by atoms with Crippen LogP contribution in [0.2, 0.25) is 0 Å². The molecule has 0 bridgehead atoms. The van der Waals surface area contributed by atoms with Crippen molar-refractivity contribution in [1.82, 2.24) is 14.3 Å². The molecule has 2 heterocycles. The molecule has 2 aromatic rings. The Morgan fingerprint density at radius 1 is 1.18 bits per heavy atom. The van der Waals surface area contributed by atoms with E-state index in [-0.39, 0.29) is 13.0 Å². The molecule has 17 heavy (non-hydrogen) atoms. The predicted molar refractivity (Wildman–Crippen MR) is 70.1 cm³/mol. The van der Waals surface area contributed by atoms with Gasteiger partial charge in [0, 0.05) is 25.9 Å². The Kier molecular flexibility index (Phi) is 3.56. The zero-order valence-corrected chi connectivity index (χ0v) is 9.98. The maximum absolute atomic E-state index is 11.9. The fourth-order valence-corrected chi connectivity index (χ4v) is 2.00. The highest BCUT2D eigenvalue weighted by molar-refractivity contribution is 5.59. The Balaban J connectivity index is 0.00000144. The molecule has 2 aromatic heterocycles. The predicted octanol–water partition coefficient (Wildman–Crippen LogP) is 2.04. The van der Waals surface area contributed by atoms with Crippen LogP contribution >= 0.6 is 0 Å². The van der Waals surface area contributed by atoms with Crippen LogP contribution in [0.3, 0.4) is 0 Å². The first-order valence-electron chi connectivity index (χ1n) is 5.18. The van der Waals surface area contributed by atoms with Crippen molar-refractivity contribution in [2.45, 2.75) is 21.3 Å². The standard InChI is InChI=1S/C12H15N3O.CH4/c1-8-7-9(2)12(16)15(4)11(8)10-5-6-14(3)13-10;/h5-7H,1-4H3;1H4. The van der Waals surface area contributed by atoms with Crippen molar-refractivity contribution in [3.05, 3.63) is 39.8 Å². The Bertz CT molecular complexity index is 593. The van der Waals surface area contributed by atoms with Crippen LogP contribution in [-0.4, -0.2) is 14.3 Å². The summed E-state index contributed by atoms with van der Waals surface area (Å²) in [5.41, 5.74) is 3.58. The largest absolute Gasteiger partial charge is 0.309 e. The number of aryl methyl sites for hydroxylation is 3. The van der Waals surface area contributed by atoms with Crippen molar-refractivity contribution in [2.75, 3.05) is 0 Å². The Hall–Kier alpha value is -1.84. The summed E-state index contributed by atoms with van der Waals surface area (Å²) in [6.45, 7) is 3.83. The third-order valence-corrected chi connectivity index (χ3v) is 2.74. The van der Waals surface area contributed by atoms with E-state index in [1.807, 2.05) is 39.2 Å². The molecule has 2 rings (SSSR count). The Labute approximate surface area is 102 Å². The molecule has 4 nitrogen and oxygen atoms in total. The summed E-state index contributed by atoms with van der Waals surface area (Å²) in [6.07, 6.45) is 1.87. The molecule has 92 valence electrons. The third-order valence-electron chi connectivity index (χ3n) is 2.74. The van der Waals surface area contributed by atoms with Crippen LogP contribution in [0.25, 0.3) is 11.4 Å². The van der Waals surface area contributed by atoms with E-state index in [0.29, 0.717) is 0 Å². The Morgan fingerprint density at radius 3 is 2.35 bits per heavy atom. The van der Waals surface area contributed by atoms with Gasteiger partial charge in [-0.15, -0.1) is 0 Å². The van der Waals surface area contributed by atoms with E-state index in [2.05, 4.69) is 5.10 Å². The van der Waals surface area contributed by atoms with Crippen molar-refractivity contribution < 1.29 is 0 Å². The summed E-state index contributed by atoms with van der Waals surface area (Å²) >= 11 is 0. The molecule has 0 aromatic carbocycles. The van der Waals surface area contributed by atoms with Gasteiger partial charge >= 0.3 is 0 Å². The van der Waals surface area contributed by atoms with Crippen LogP contribution in [0.4, 0.5) is 0 Å². The molecule has 0 aliphatic heterocycles. The summed E-state index contributed by atoms with van der Waals surface area (Å²) in [7, 11) is 3.65. The number of rotatable bonds is 1. The first kappa shape index (κ1) is 13.2. The van der Waals surface area contributed by atoms with Gasteiger partial charge in [-0.25, -0.2) is 0 Å². The Morgan fingerprint density at radius 2 is 1.82 bits per heavy atom. The number of hydrogen-bond donors (Lipinski definition) is 0. The van der Waals surface area contributed by atoms with Gasteiger partial charge < -0.3 is 4.57 Å². The van der Waals surface area contributed by atoms with Crippen LogP contribution < -0.4 is 5.56 Å². The minimum absolute atomic E-state index is 0. The second-order valence-electron chi connectivity index (χ2n) is 4.10. The molecule has 0 aliphatic carbocycles. The molecule has 0 aliphatic rings. The average molecular weight is 233 g/mol. The zero-order chi connectivity index (χ0) is 11.9. The lowest BCUT2D eigenvalue weighted by molar-refractivity contribution is 0.762. The minimum atomic E-state index is 0. The summed E-state index contributed by atoms with van der Waals surface area (Å²) in [5, 5.41) is 4.33. The van der Waals surface area contributed by atoms with Gasteiger partial charge in [-0.2, -0.15) is 5.10 Å². The molecule has 0 N–H and O–H groups in total. The fourth-order valence-electron chi connectivity index (χ4n) is 2.00. The van der Waals surface area contributed by atoms with Gasteiger partial charge in [-0.1, -0.05) is 7.43 Å². The second kappa shape index (κ2) is 4.57. The lowest BCUT2D eigenvalue weighted by Crippen LogP contribution is -2.21. The van der Waals surface area contributed by atoms with Crippen LogP contribution in [0.5, 0.6) is 0 Å². The van der Waals surface area contributed by atoms with Gasteiger partial charge in [-0.05, 0) is 31.5 Å².